The van der Waals surface area contributed by atoms with E-state index in [0.717, 1.165) is 84.9 Å². The first-order chi connectivity index (χ1) is 35.8. The molecule has 0 unspecified atom stereocenters. The molecule has 364 valence electrons. The van der Waals surface area contributed by atoms with Gasteiger partial charge in [-0.1, -0.05) is 104 Å². The standard InChI is InChI=1S/C70H64N4/c1-48-18-10-26-59(34-48)71(60-27-11-19-49(2)35-60)67-42-57(43-68(46-67)72(61-28-12-20-50(3)36-61)62-29-13-21-51(4)37-62)56(9)58-44-69(73(63-30-14-22-52(5)38-63)64-31-15-23-53(6)39-64)47-70(45-58)74(65-32-16-24-54(7)40-65)66-33-17-25-55(8)41-66/h10-47H,9H2,1-8H3. The van der Waals surface area contributed by atoms with Crippen LogP contribution < -0.4 is 19.6 Å². The van der Waals surface area contributed by atoms with Crippen LogP contribution in [0.1, 0.15) is 55.6 Å². The van der Waals surface area contributed by atoms with Gasteiger partial charge in [0.15, 0.2) is 0 Å². The molecule has 0 radical (unpaired) electrons. The van der Waals surface area contributed by atoms with Crippen molar-refractivity contribution in [3.05, 3.63) is 293 Å². The van der Waals surface area contributed by atoms with Crippen molar-refractivity contribution in [2.24, 2.45) is 0 Å². The average molecular weight is 961 g/mol. The Kier molecular flexibility index (Phi) is 13.9. The van der Waals surface area contributed by atoms with Gasteiger partial charge in [0.1, 0.15) is 0 Å². The maximum Gasteiger partial charge on any atom is 0.0488 e. The van der Waals surface area contributed by atoms with Crippen LogP contribution in [0, 0.1) is 55.4 Å². The normalized spacial score (nSPS) is 11.0. The van der Waals surface area contributed by atoms with E-state index < -0.39 is 0 Å². The Morgan fingerprint density at radius 1 is 0.216 bits per heavy atom. The monoisotopic (exact) mass is 961 g/mol. The fraction of sp³-hybridized carbons (Fsp3) is 0.114. The molecular weight excluding hydrogens is 897 g/mol. The van der Waals surface area contributed by atoms with Crippen LogP contribution in [0.5, 0.6) is 0 Å². The van der Waals surface area contributed by atoms with E-state index in [1.165, 1.54) is 44.5 Å². The molecule has 0 heterocycles. The van der Waals surface area contributed by atoms with Crippen LogP contribution in [0.4, 0.5) is 68.2 Å². The van der Waals surface area contributed by atoms with E-state index >= 15 is 0 Å². The zero-order valence-electron chi connectivity index (χ0n) is 43.9. The fourth-order valence-electron chi connectivity index (χ4n) is 10.1. The number of hydrogen-bond donors (Lipinski definition) is 0. The predicted molar refractivity (Wildman–Crippen MR) is 318 cm³/mol. The third-order valence-corrected chi connectivity index (χ3v) is 13.6. The van der Waals surface area contributed by atoms with Crippen LogP contribution in [0.2, 0.25) is 0 Å². The van der Waals surface area contributed by atoms with Crippen LogP contribution in [-0.4, -0.2) is 0 Å². The maximum absolute atomic E-state index is 5.12. The minimum absolute atomic E-state index is 0.889. The molecule has 10 aromatic rings. The lowest BCUT2D eigenvalue weighted by Gasteiger charge is -2.32. The molecule has 0 saturated carbocycles. The molecule has 0 aliphatic rings. The van der Waals surface area contributed by atoms with E-state index in [-0.39, 0.29) is 0 Å². The van der Waals surface area contributed by atoms with Crippen molar-refractivity contribution in [1.82, 2.24) is 0 Å². The summed E-state index contributed by atoms with van der Waals surface area (Å²) < 4.78 is 0. The molecule has 10 aromatic carbocycles. The van der Waals surface area contributed by atoms with Gasteiger partial charge >= 0.3 is 0 Å². The lowest BCUT2D eigenvalue weighted by molar-refractivity contribution is 1.22. The van der Waals surface area contributed by atoms with Crippen molar-refractivity contribution in [3.8, 4) is 0 Å². The largest absolute Gasteiger partial charge is 0.310 e. The SMILES string of the molecule is C=C(c1cc(N(c2cccc(C)c2)c2cccc(C)c2)cc(N(c2cccc(C)c2)c2cccc(C)c2)c1)c1cc(N(c2cccc(C)c2)c2cccc(C)c2)cc(N(c2cccc(C)c2)c2cccc(C)c2)c1. The second-order valence-corrected chi connectivity index (χ2v) is 20.0. The Morgan fingerprint density at radius 3 is 0.527 bits per heavy atom. The maximum atomic E-state index is 5.12. The molecule has 0 fully saturated rings. The number of anilines is 12. The van der Waals surface area contributed by atoms with Crippen molar-refractivity contribution in [2.45, 2.75) is 55.4 Å². The molecule has 0 aromatic heterocycles. The third-order valence-electron chi connectivity index (χ3n) is 13.6. The summed E-state index contributed by atoms with van der Waals surface area (Å²) in [5.74, 6) is 0. The molecular formula is C70H64N4. The first kappa shape index (κ1) is 48.8. The van der Waals surface area contributed by atoms with E-state index in [4.69, 9.17) is 6.58 Å². The van der Waals surface area contributed by atoms with Gasteiger partial charge in [0.2, 0.25) is 0 Å². The number of rotatable bonds is 14. The van der Waals surface area contributed by atoms with Crippen LogP contribution in [-0.2, 0) is 0 Å². The minimum atomic E-state index is 0.889. The van der Waals surface area contributed by atoms with E-state index in [9.17, 15) is 0 Å². The lowest BCUT2D eigenvalue weighted by atomic mass is 9.95. The lowest BCUT2D eigenvalue weighted by Crippen LogP contribution is -2.15. The number of benzene rings is 10. The second kappa shape index (κ2) is 21.1. The Morgan fingerprint density at radius 2 is 0.378 bits per heavy atom. The minimum Gasteiger partial charge on any atom is -0.310 e. The zero-order chi connectivity index (χ0) is 51.5. The van der Waals surface area contributed by atoms with Gasteiger partial charge in [-0.2, -0.15) is 0 Å². The van der Waals surface area contributed by atoms with Gasteiger partial charge in [-0.25, -0.2) is 0 Å². The highest BCUT2D eigenvalue weighted by atomic mass is 15.2. The van der Waals surface area contributed by atoms with Crippen LogP contribution in [0.15, 0.2) is 237 Å². The Hall–Kier alpha value is -8.86. The van der Waals surface area contributed by atoms with E-state index in [1.54, 1.807) is 0 Å². The van der Waals surface area contributed by atoms with Gasteiger partial charge in [-0.15, -0.1) is 0 Å². The van der Waals surface area contributed by atoms with Crippen LogP contribution in [0.3, 0.4) is 0 Å². The Balaban J connectivity index is 1.27. The molecule has 0 N–H and O–H groups in total. The molecule has 0 atom stereocenters. The van der Waals surface area contributed by atoms with Gasteiger partial charge in [0.25, 0.3) is 0 Å². The molecule has 0 spiro atoms. The molecule has 0 amide bonds. The highest BCUT2D eigenvalue weighted by Gasteiger charge is 2.24. The summed E-state index contributed by atoms with van der Waals surface area (Å²) in [5.41, 5.74) is 25.0. The van der Waals surface area contributed by atoms with Crippen molar-refractivity contribution in [3.63, 3.8) is 0 Å². The second-order valence-electron chi connectivity index (χ2n) is 20.0. The summed E-state index contributed by atoms with van der Waals surface area (Å²) in [4.78, 5) is 9.56. The molecule has 0 saturated heterocycles. The van der Waals surface area contributed by atoms with Crippen molar-refractivity contribution in [1.29, 1.82) is 0 Å². The van der Waals surface area contributed by atoms with E-state index in [1.807, 2.05) is 0 Å². The van der Waals surface area contributed by atoms with E-state index in [0.29, 0.717) is 0 Å². The van der Waals surface area contributed by atoms with E-state index in [2.05, 4.69) is 306 Å². The molecule has 74 heavy (non-hydrogen) atoms. The van der Waals surface area contributed by atoms with Gasteiger partial charge in [0, 0.05) is 68.2 Å². The molecule has 0 aliphatic heterocycles. The molecule has 10 rings (SSSR count). The number of aryl methyl sites for hydroxylation is 8. The van der Waals surface area contributed by atoms with Gasteiger partial charge in [0.05, 0.1) is 0 Å². The number of nitrogens with zero attached hydrogens (tertiary/aromatic N) is 4. The summed E-state index contributed by atoms with van der Waals surface area (Å²) in [7, 11) is 0. The fourth-order valence-corrected chi connectivity index (χ4v) is 10.1. The zero-order valence-corrected chi connectivity index (χ0v) is 43.9. The summed E-state index contributed by atoms with van der Waals surface area (Å²) in [6.45, 7) is 22.4. The highest BCUT2D eigenvalue weighted by Crippen LogP contribution is 2.47. The predicted octanol–water partition coefficient (Wildman–Crippen LogP) is 20.1. The summed E-state index contributed by atoms with van der Waals surface area (Å²) in [6, 6.07) is 84.3. The summed E-state index contributed by atoms with van der Waals surface area (Å²) in [6.07, 6.45) is 0. The Labute approximate surface area is 439 Å². The molecule has 0 aliphatic carbocycles. The first-order valence-electron chi connectivity index (χ1n) is 25.6. The van der Waals surface area contributed by atoms with Crippen molar-refractivity contribution < 1.29 is 0 Å². The van der Waals surface area contributed by atoms with Crippen molar-refractivity contribution >= 4 is 73.8 Å². The van der Waals surface area contributed by atoms with Gasteiger partial charge < -0.3 is 19.6 Å². The average Bonchev–Trinajstić information content (AvgIpc) is 3.37. The molecule has 4 nitrogen and oxygen atoms in total. The quantitative estimate of drug-likeness (QED) is 0.108. The third kappa shape index (κ3) is 10.7. The summed E-state index contributed by atoms with van der Waals surface area (Å²) >= 11 is 0. The summed E-state index contributed by atoms with van der Waals surface area (Å²) in [5, 5.41) is 0. The molecule has 0 bridgehead atoms. The van der Waals surface area contributed by atoms with Crippen LogP contribution in [0.25, 0.3) is 5.57 Å². The highest BCUT2D eigenvalue weighted by molar-refractivity contribution is 5.93. The molecule has 4 heteroatoms. The topological polar surface area (TPSA) is 13.0 Å². The van der Waals surface area contributed by atoms with Gasteiger partial charge in [-0.05, 0) is 250 Å². The first-order valence-corrected chi connectivity index (χ1v) is 25.6. The smallest absolute Gasteiger partial charge is 0.0488 e. The van der Waals surface area contributed by atoms with Crippen molar-refractivity contribution in [2.75, 3.05) is 19.6 Å². The van der Waals surface area contributed by atoms with Gasteiger partial charge in [-0.3, -0.25) is 0 Å². The van der Waals surface area contributed by atoms with Crippen LogP contribution >= 0.6 is 0 Å². The number of hydrogen-bond acceptors (Lipinski definition) is 4. The Bertz CT molecular complexity index is 3030.